The Morgan fingerprint density at radius 2 is 2.07 bits per heavy atom. The van der Waals surface area contributed by atoms with Gasteiger partial charge < -0.3 is 19.7 Å². The molecule has 1 unspecified atom stereocenters. The highest BCUT2D eigenvalue weighted by Gasteiger charge is 2.26. The van der Waals surface area contributed by atoms with Gasteiger partial charge in [0.1, 0.15) is 6.61 Å². The molecule has 0 saturated carbocycles. The molecule has 1 atom stereocenters. The van der Waals surface area contributed by atoms with Crippen LogP contribution in [0.4, 0.5) is 5.13 Å². The van der Waals surface area contributed by atoms with Crippen molar-refractivity contribution in [3.05, 3.63) is 35.2 Å². The summed E-state index contributed by atoms with van der Waals surface area (Å²) in [4.78, 5) is 32.0. The zero-order valence-corrected chi connectivity index (χ0v) is 16.4. The van der Waals surface area contributed by atoms with Gasteiger partial charge in [0.05, 0.1) is 31.2 Å². The van der Waals surface area contributed by atoms with Crippen LogP contribution in [-0.4, -0.2) is 56.3 Å². The van der Waals surface area contributed by atoms with Crippen LogP contribution >= 0.6 is 11.3 Å². The summed E-state index contributed by atoms with van der Waals surface area (Å²) in [6.45, 7) is 3.74. The zero-order chi connectivity index (χ0) is 19.3. The van der Waals surface area contributed by atoms with E-state index in [4.69, 9.17) is 14.5 Å². The third-order valence-corrected chi connectivity index (χ3v) is 6.04. The summed E-state index contributed by atoms with van der Waals surface area (Å²) in [6.07, 6.45) is 0.865. The minimum Gasteiger partial charge on any atom is -0.465 e. The molecule has 3 heterocycles. The molecular formula is C20H23N3O4S. The number of aromatic nitrogens is 1. The second-order valence-corrected chi connectivity index (χ2v) is 7.93. The Morgan fingerprint density at radius 1 is 1.29 bits per heavy atom. The Balaban J connectivity index is 1.50. The normalized spacial score (nSPS) is 19.5. The molecule has 4 rings (SSSR count). The lowest BCUT2D eigenvalue weighted by atomic mass is 10.1. The van der Waals surface area contributed by atoms with Crippen molar-refractivity contribution in [2.45, 2.75) is 12.8 Å². The number of nitrogens with zero attached hydrogens (tertiary/aromatic N) is 2. The average Bonchev–Trinajstić information content (AvgIpc) is 3.34. The summed E-state index contributed by atoms with van der Waals surface area (Å²) < 4.78 is 10.8. The molecule has 2 saturated heterocycles. The number of morpholine rings is 1. The van der Waals surface area contributed by atoms with Crippen LogP contribution in [0.1, 0.15) is 11.3 Å². The Bertz CT molecular complexity index is 833. The summed E-state index contributed by atoms with van der Waals surface area (Å²) >= 11 is 1.53. The summed E-state index contributed by atoms with van der Waals surface area (Å²) in [7, 11) is 0. The number of amides is 1. The van der Waals surface area contributed by atoms with Crippen molar-refractivity contribution in [1.82, 2.24) is 10.3 Å². The molecule has 148 valence electrons. The topological polar surface area (TPSA) is 80.8 Å². The van der Waals surface area contributed by atoms with Gasteiger partial charge in [-0.1, -0.05) is 30.3 Å². The second kappa shape index (κ2) is 8.70. The van der Waals surface area contributed by atoms with Crippen LogP contribution in [0.15, 0.2) is 30.3 Å². The smallest absolute Gasteiger partial charge is 0.311 e. The van der Waals surface area contributed by atoms with Crippen molar-refractivity contribution in [1.29, 1.82) is 0 Å². The zero-order valence-electron chi connectivity index (χ0n) is 15.6. The van der Waals surface area contributed by atoms with E-state index in [0.717, 1.165) is 34.4 Å². The number of nitrogens with one attached hydrogen (secondary N) is 1. The van der Waals surface area contributed by atoms with Crippen molar-refractivity contribution in [3.63, 3.8) is 0 Å². The van der Waals surface area contributed by atoms with E-state index in [1.165, 1.54) is 11.3 Å². The molecule has 0 aliphatic carbocycles. The molecule has 2 aromatic rings. The summed E-state index contributed by atoms with van der Waals surface area (Å²) in [6, 6.07) is 9.87. The molecule has 0 spiro atoms. The van der Waals surface area contributed by atoms with Crippen LogP contribution in [0.3, 0.4) is 0 Å². The second-order valence-electron chi connectivity index (χ2n) is 6.87. The molecule has 7 nitrogen and oxygen atoms in total. The van der Waals surface area contributed by atoms with E-state index in [-0.39, 0.29) is 30.8 Å². The third kappa shape index (κ3) is 4.34. The number of esters is 1. The molecular weight excluding hydrogens is 378 g/mol. The lowest BCUT2D eigenvalue weighted by molar-refractivity contribution is -0.145. The molecule has 0 radical (unpaired) electrons. The van der Waals surface area contributed by atoms with Gasteiger partial charge in [-0.15, -0.1) is 11.3 Å². The number of ether oxygens (including phenoxy) is 2. The SMILES string of the molecule is O=C(Cc1sc(N2CCOCC2)nc1-c1ccccc1)OCC1CCNC1=O. The summed E-state index contributed by atoms with van der Waals surface area (Å²) in [5.41, 5.74) is 1.80. The molecule has 28 heavy (non-hydrogen) atoms. The van der Waals surface area contributed by atoms with Gasteiger partial charge in [0.15, 0.2) is 5.13 Å². The molecule has 1 aromatic heterocycles. The van der Waals surface area contributed by atoms with Crippen LogP contribution < -0.4 is 10.2 Å². The monoisotopic (exact) mass is 401 g/mol. The minimum absolute atomic E-state index is 0.0369. The van der Waals surface area contributed by atoms with E-state index in [1.807, 2.05) is 30.3 Å². The fourth-order valence-corrected chi connectivity index (χ4v) is 4.47. The van der Waals surface area contributed by atoms with E-state index in [0.29, 0.717) is 26.2 Å². The lowest BCUT2D eigenvalue weighted by Gasteiger charge is -2.26. The Kier molecular flexibility index (Phi) is 5.87. The number of rotatable bonds is 6. The number of benzene rings is 1. The number of carbonyl (C=O) groups excluding carboxylic acids is 2. The van der Waals surface area contributed by atoms with Gasteiger partial charge in [0.2, 0.25) is 5.91 Å². The van der Waals surface area contributed by atoms with Crippen molar-refractivity contribution >= 4 is 28.3 Å². The van der Waals surface area contributed by atoms with Crippen molar-refractivity contribution in [2.24, 2.45) is 5.92 Å². The Labute approximate surface area is 167 Å². The van der Waals surface area contributed by atoms with Crippen molar-refractivity contribution < 1.29 is 19.1 Å². The first-order valence-electron chi connectivity index (χ1n) is 9.52. The van der Waals surface area contributed by atoms with Gasteiger partial charge >= 0.3 is 5.97 Å². The third-order valence-electron chi connectivity index (χ3n) is 4.93. The largest absolute Gasteiger partial charge is 0.465 e. The quantitative estimate of drug-likeness (QED) is 0.745. The number of anilines is 1. The van der Waals surface area contributed by atoms with Gasteiger partial charge in [-0.25, -0.2) is 4.98 Å². The molecule has 2 fully saturated rings. The maximum atomic E-state index is 12.4. The first-order chi connectivity index (χ1) is 13.7. The maximum Gasteiger partial charge on any atom is 0.311 e. The average molecular weight is 401 g/mol. The van der Waals surface area contributed by atoms with Crippen LogP contribution in [0, 0.1) is 5.92 Å². The van der Waals surface area contributed by atoms with Crippen LogP contribution in [0.5, 0.6) is 0 Å². The fraction of sp³-hybridized carbons (Fsp3) is 0.450. The molecule has 8 heteroatoms. The number of thiazole rings is 1. The van der Waals surface area contributed by atoms with E-state index < -0.39 is 0 Å². The van der Waals surface area contributed by atoms with E-state index >= 15 is 0 Å². The Morgan fingerprint density at radius 3 is 2.79 bits per heavy atom. The lowest BCUT2D eigenvalue weighted by Crippen LogP contribution is -2.36. The van der Waals surface area contributed by atoms with Gasteiger partial charge in [0, 0.05) is 30.1 Å². The predicted octanol–water partition coefficient (Wildman–Crippen LogP) is 1.87. The highest BCUT2D eigenvalue weighted by atomic mass is 32.1. The van der Waals surface area contributed by atoms with Gasteiger partial charge in [-0.2, -0.15) is 0 Å². The Hall–Kier alpha value is -2.45. The molecule has 1 aromatic carbocycles. The summed E-state index contributed by atoms with van der Waals surface area (Å²) in [5, 5.41) is 3.66. The highest BCUT2D eigenvalue weighted by molar-refractivity contribution is 7.16. The van der Waals surface area contributed by atoms with Crippen LogP contribution in [0.25, 0.3) is 11.3 Å². The molecule has 0 bridgehead atoms. The predicted molar refractivity (Wildman–Crippen MR) is 106 cm³/mol. The molecule has 2 aliphatic heterocycles. The van der Waals surface area contributed by atoms with Crippen LogP contribution in [0.2, 0.25) is 0 Å². The minimum atomic E-state index is -0.325. The maximum absolute atomic E-state index is 12.4. The summed E-state index contributed by atoms with van der Waals surface area (Å²) in [5.74, 6) is -0.595. The first-order valence-corrected chi connectivity index (χ1v) is 10.3. The van der Waals surface area contributed by atoms with Crippen molar-refractivity contribution in [3.8, 4) is 11.3 Å². The standard InChI is InChI=1S/C20H23N3O4S/c24-17(27-13-15-6-7-21-19(15)25)12-16-18(14-4-2-1-3-5-14)22-20(28-16)23-8-10-26-11-9-23/h1-5,15H,6-13H2,(H,21,25). The fourth-order valence-electron chi connectivity index (χ4n) is 3.35. The highest BCUT2D eigenvalue weighted by Crippen LogP contribution is 2.34. The number of carbonyl (C=O) groups is 2. The molecule has 1 N–H and O–H groups in total. The van der Waals surface area contributed by atoms with E-state index in [9.17, 15) is 9.59 Å². The molecule has 2 aliphatic rings. The molecule has 1 amide bonds. The number of hydrogen-bond acceptors (Lipinski definition) is 7. The van der Waals surface area contributed by atoms with E-state index in [2.05, 4.69) is 10.2 Å². The van der Waals surface area contributed by atoms with Crippen molar-refractivity contribution in [2.75, 3.05) is 44.4 Å². The first kappa shape index (κ1) is 18.9. The van der Waals surface area contributed by atoms with E-state index in [1.54, 1.807) is 0 Å². The van der Waals surface area contributed by atoms with Crippen LogP contribution in [-0.2, 0) is 25.5 Å². The van der Waals surface area contributed by atoms with Gasteiger partial charge in [-0.05, 0) is 6.42 Å². The van der Waals surface area contributed by atoms with Gasteiger partial charge in [-0.3, -0.25) is 9.59 Å². The number of hydrogen-bond donors (Lipinski definition) is 1. The van der Waals surface area contributed by atoms with Gasteiger partial charge in [0.25, 0.3) is 0 Å².